The highest BCUT2D eigenvalue weighted by Gasteiger charge is 2.26. The maximum Gasteiger partial charge on any atom is 0.194 e. The van der Waals surface area contributed by atoms with E-state index in [-0.39, 0.29) is 0 Å². The second-order valence-electron chi connectivity index (χ2n) is 13.0. The summed E-state index contributed by atoms with van der Waals surface area (Å²) in [5, 5.41) is 2.25. The Bertz CT molecular complexity index is 2670. The van der Waals surface area contributed by atoms with E-state index in [0.29, 0.717) is 23.0 Å². The van der Waals surface area contributed by atoms with Crippen LogP contribution < -0.4 is 14.4 Å². The van der Waals surface area contributed by atoms with Crippen molar-refractivity contribution in [3.05, 3.63) is 200 Å². The Hall–Kier alpha value is -7.04. The lowest BCUT2D eigenvalue weighted by molar-refractivity contribution is 0.362. The molecule has 0 aliphatic carbocycles. The maximum atomic E-state index is 6.64. The van der Waals surface area contributed by atoms with Crippen LogP contribution in [-0.2, 0) is 0 Å². The van der Waals surface area contributed by atoms with Gasteiger partial charge in [-0.1, -0.05) is 110 Å². The van der Waals surface area contributed by atoms with Crippen molar-refractivity contribution in [1.29, 1.82) is 0 Å². The number of anilines is 2. The Morgan fingerprint density at radius 3 is 1.87 bits per heavy atom. The summed E-state index contributed by atoms with van der Waals surface area (Å²) in [4.78, 5) is 2.24. The minimum atomic E-state index is 0.699. The van der Waals surface area contributed by atoms with Crippen molar-refractivity contribution >= 4 is 33.2 Å². The fourth-order valence-corrected chi connectivity index (χ4v) is 7.29. The van der Waals surface area contributed by atoms with Crippen molar-refractivity contribution in [2.75, 3.05) is 4.90 Å². The number of aromatic nitrogens is 1. The molecule has 1 aromatic heterocycles. The number of hydrogen-bond acceptors (Lipinski definition) is 3. The van der Waals surface area contributed by atoms with Crippen molar-refractivity contribution in [3.8, 4) is 50.9 Å². The summed E-state index contributed by atoms with van der Waals surface area (Å²) in [7, 11) is 0. The van der Waals surface area contributed by atoms with Gasteiger partial charge in [0.2, 0.25) is 0 Å². The molecule has 0 amide bonds. The molecule has 1 aliphatic rings. The van der Waals surface area contributed by atoms with Crippen LogP contribution in [0.5, 0.6) is 23.0 Å². The summed E-state index contributed by atoms with van der Waals surface area (Å²) in [5.41, 5.74) is 10.9. The lowest BCUT2D eigenvalue weighted by atomic mass is 10.0. The second-order valence-corrected chi connectivity index (χ2v) is 13.0. The molecule has 9 rings (SSSR count). The van der Waals surface area contributed by atoms with Crippen LogP contribution in [0.15, 0.2) is 200 Å². The third-order valence-electron chi connectivity index (χ3n) is 9.72. The van der Waals surface area contributed by atoms with Crippen LogP contribution >= 0.6 is 0 Å². The Balaban J connectivity index is 1.13. The van der Waals surface area contributed by atoms with Gasteiger partial charge in [-0.2, -0.15) is 0 Å². The zero-order chi connectivity index (χ0) is 35.7. The second kappa shape index (κ2) is 13.6. The molecule has 1 aliphatic heterocycles. The van der Waals surface area contributed by atoms with Crippen molar-refractivity contribution in [3.63, 3.8) is 0 Å². The molecule has 0 saturated heterocycles. The molecule has 8 aromatic rings. The molecule has 0 unspecified atom stereocenters. The summed E-state index contributed by atoms with van der Waals surface area (Å²) < 4.78 is 15.3. The van der Waals surface area contributed by atoms with Crippen molar-refractivity contribution in [2.45, 2.75) is 6.92 Å². The largest absolute Gasteiger partial charge is 0.449 e. The molecule has 7 aromatic carbocycles. The van der Waals surface area contributed by atoms with Gasteiger partial charge in [-0.25, -0.2) is 0 Å². The summed E-state index contributed by atoms with van der Waals surface area (Å²) >= 11 is 0. The SMILES string of the molecule is C=C/C=C(\C=C/C)N(c1ccccc1)c1ccc(-c2ccc(-n3c4ccc(-c5ccccc5)cc4c4ccc5c(c43)Oc3ccccc3O5)cc2)cc1. The lowest BCUT2D eigenvalue weighted by Gasteiger charge is -2.26. The summed E-state index contributed by atoms with van der Waals surface area (Å²) in [6.45, 7) is 5.99. The number of nitrogens with zero attached hydrogens (tertiary/aromatic N) is 2. The van der Waals surface area contributed by atoms with E-state index in [1.807, 2.05) is 55.5 Å². The van der Waals surface area contributed by atoms with Gasteiger partial charge in [-0.15, -0.1) is 0 Å². The van der Waals surface area contributed by atoms with E-state index >= 15 is 0 Å². The molecule has 0 radical (unpaired) electrons. The van der Waals surface area contributed by atoms with E-state index in [9.17, 15) is 0 Å². The molecule has 0 saturated carbocycles. The number of allylic oxidation sites excluding steroid dienone is 4. The minimum Gasteiger partial charge on any atom is -0.449 e. The molecule has 53 heavy (non-hydrogen) atoms. The van der Waals surface area contributed by atoms with Gasteiger partial charge in [0, 0.05) is 33.5 Å². The van der Waals surface area contributed by atoms with Crippen LogP contribution in [0, 0.1) is 0 Å². The first-order valence-corrected chi connectivity index (χ1v) is 17.8. The quantitative estimate of drug-likeness (QED) is 0.149. The molecule has 0 fully saturated rings. The highest BCUT2D eigenvalue weighted by Crippen LogP contribution is 2.51. The van der Waals surface area contributed by atoms with Gasteiger partial charge >= 0.3 is 0 Å². The summed E-state index contributed by atoms with van der Waals surface area (Å²) in [6, 6.07) is 57.1. The molecular weight excluding hydrogens is 649 g/mol. The highest BCUT2D eigenvalue weighted by atomic mass is 16.6. The predicted octanol–water partition coefficient (Wildman–Crippen LogP) is 13.8. The van der Waals surface area contributed by atoms with Gasteiger partial charge in [-0.3, -0.25) is 0 Å². The van der Waals surface area contributed by atoms with Gasteiger partial charge < -0.3 is 18.9 Å². The van der Waals surface area contributed by atoms with E-state index in [4.69, 9.17) is 9.47 Å². The van der Waals surface area contributed by atoms with Crippen LogP contribution in [-0.4, -0.2) is 4.57 Å². The fraction of sp³-hybridized carbons (Fsp3) is 0.0204. The number of ether oxygens (including phenoxy) is 2. The van der Waals surface area contributed by atoms with E-state index in [0.717, 1.165) is 55.7 Å². The van der Waals surface area contributed by atoms with E-state index in [1.165, 1.54) is 11.1 Å². The monoisotopic (exact) mass is 684 g/mol. The number of para-hydroxylation sites is 3. The Morgan fingerprint density at radius 2 is 1.17 bits per heavy atom. The number of rotatable bonds is 8. The molecule has 4 nitrogen and oxygen atoms in total. The first-order valence-electron chi connectivity index (χ1n) is 17.8. The molecule has 2 heterocycles. The Morgan fingerprint density at radius 1 is 0.566 bits per heavy atom. The smallest absolute Gasteiger partial charge is 0.194 e. The van der Waals surface area contributed by atoms with E-state index in [1.54, 1.807) is 0 Å². The zero-order valence-corrected chi connectivity index (χ0v) is 29.3. The minimum absolute atomic E-state index is 0.699. The first-order chi connectivity index (χ1) is 26.2. The van der Waals surface area contributed by atoms with E-state index < -0.39 is 0 Å². The van der Waals surface area contributed by atoms with Gasteiger partial charge in [0.25, 0.3) is 0 Å². The maximum absolute atomic E-state index is 6.64. The average Bonchev–Trinajstić information content (AvgIpc) is 3.55. The van der Waals surface area contributed by atoms with Gasteiger partial charge in [0.15, 0.2) is 23.0 Å². The third kappa shape index (κ3) is 5.77. The van der Waals surface area contributed by atoms with Crippen molar-refractivity contribution in [1.82, 2.24) is 4.57 Å². The van der Waals surface area contributed by atoms with Crippen LogP contribution in [0.3, 0.4) is 0 Å². The van der Waals surface area contributed by atoms with Crippen molar-refractivity contribution < 1.29 is 9.47 Å². The van der Waals surface area contributed by atoms with Crippen LogP contribution in [0.4, 0.5) is 11.4 Å². The third-order valence-corrected chi connectivity index (χ3v) is 9.72. The molecule has 0 bridgehead atoms. The van der Waals surface area contributed by atoms with Crippen LogP contribution in [0.25, 0.3) is 49.7 Å². The van der Waals surface area contributed by atoms with Crippen LogP contribution in [0.2, 0.25) is 0 Å². The number of benzene rings is 7. The Labute approximate surface area is 309 Å². The highest BCUT2D eigenvalue weighted by molar-refractivity contribution is 6.13. The van der Waals surface area contributed by atoms with Gasteiger partial charge in [0.05, 0.1) is 5.52 Å². The van der Waals surface area contributed by atoms with Crippen molar-refractivity contribution in [2.24, 2.45) is 0 Å². The molecule has 0 atom stereocenters. The fourth-order valence-electron chi connectivity index (χ4n) is 7.29. The lowest BCUT2D eigenvalue weighted by Crippen LogP contribution is -2.15. The number of hydrogen-bond donors (Lipinski definition) is 0. The normalized spacial score (nSPS) is 12.3. The van der Waals surface area contributed by atoms with E-state index in [2.05, 4.69) is 156 Å². The molecular formula is C49H36N2O2. The summed E-state index contributed by atoms with van der Waals surface area (Å²) in [5.74, 6) is 2.83. The molecule has 0 N–H and O–H groups in total. The predicted molar refractivity (Wildman–Crippen MR) is 220 cm³/mol. The summed E-state index contributed by atoms with van der Waals surface area (Å²) in [6.07, 6.45) is 8.01. The molecule has 0 spiro atoms. The first kappa shape index (κ1) is 31.9. The van der Waals surface area contributed by atoms with Gasteiger partial charge in [-0.05, 0) is 114 Å². The molecule has 254 valence electrons. The Kier molecular flexibility index (Phi) is 8.18. The average molecular weight is 685 g/mol. The zero-order valence-electron chi connectivity index (χ0n) is 29.3. The standard InChI is InChI=1S/C49H36N2O2/c1-3-13-38(14-4-2)50(39-17-9-6-10-18-39)40-26-21-35(22-27-40)36-23-28-41(29-24-36)51-44-31-25-37(34-15-7-5-8-16-34)33-43(44)42-30-32-47-49(48(42)51)53-46-20-12-11-19-45(46)52-47/h3-33H,1H2,2H3/b14-4-,38-13+. The van der Waals surface area contributed by atoms with Crippen LogP contribution in [0.1, 0.15) is 6.92 Å². The number of fused-ring (bicyclic) bond motifs is 6. The molecule has 4 heteroatoms. The topological polar surface area (TPSA) is 26.6 Å². The van der Waals surface area contributed by atoms with Gasteiger partial charge in [0.1, 0.15) is 5.52 Å².